The standard InChI is InChI=1S/C14H29NO/c1-14(2,3)13(9-10-16)15-11-12-7-5-4-6-8-12/h12-13,15-16H,4-11H2,1-3H3. The lowest BCUT2D eigenvalue weighted by Crippen LogP contribution is -2.43. The predicted molar refractivity (Wildman–Crippen MR) is 69.5 cm³/mol. The molecule has 2 N–H and O–H groups in total. The second-order valence-corrected chi connectivity index (χ2v) is 6.34. The first-order chi connectivity index (χ1) is 7.54. The molecule has 1 rings (SSSR count). The monoisotopic (exact) mass is 227 g/mol. The second kappa shape index (κ2) is 6.61. The molecule has 0 spiro atoms. The summed E-state index contributed by atoms with van der Waals surface area (Å²) in [6, 6.07) is 0.444. The van der Waals surface area contributed by atoms with Crippen molar-refractivity contribution in [2.75, 3.05) is 13.2 Å². The quantitative estimate of drug-likeness (QED) is 0.757. The third kappa shape index (κ3) is 4.84. The summed E-state index contributed by atoms with van der Waals surface area (Å²) in [5.41, 5.74) is 0.247. The largest absolute Gasteiger partial charge is 0.396 e. The number of hydrogen-bond acceptors (Lipinski definition) is 2. The first kappa shape index (κ1) is 14.0. The molecular formula is C14H29NO. The van der Waals surface area contributed by atoms with E-state index in [4.69, 9.17) is 5.11 Å². The Morgan fingerprint density at radius 1 is 1.19 bits per heavy atom. The maximum absolute atomic E-state index is 9.10. The Morgan fingerprint density at radius 3 is 2.31 bits per heavy atom. The average Bonchev–Trinajstić information content (AvgIpc) is 2.24. The minimum Gasteiger partial charge on any atom is -0.396 e. The minimum absolute atomic E-state index is 0.247. The molecule has 2 nitrogen and oxygen atoms in total. The van der Waals surface area contributed by atoms with Crippen molar-refractivity contribution in [2.24, 2.45) is 11.3 Å². The van der Waals surface area contributed by atoms with Gasteiger partial charge in [-0.2, -0.15) is 0 Å². The van der Waals surface area contributed by atoms with Gasteiger partial charge in [0.2, 0.25) is 0 Å². The number of aliphatic hydroxyl groups excluding tert-OH is 1. The van der Waals surface area contributed by atoms with Crippen molar-refractivity contribution < 1.29 is 5.11 Å². The van der Waals surface area contributed by atoms with Crippen LogP contribution in [-0.2, 0) is 0 Å². The molecule has 1 fully saturated rings. The smallest absolute Gasteiger partial charge is 0.0446 e. The number of hydrogen-bond donors (Lipinski definition) is 2. The van der Waals surface area contributed by atoms with Gasteiger partial charge in [0.15, 0.2) is 0 Å². The van der Waals surface area contributed by atoms with E-state index in [9.17, 15) is 0 Å². The summed E-state index contributed by atoms with van der Waals surface area (Å²) >= 11 is 0. The van der Waals surface area contributed by atoms with Crippen LogP contribution in [0.4, 0.5) is 0 Å². The Morgan fingerprint density at radius 2 is 1.81 bits per heavy atom. The summed E-state index contributed by atoms with van der Waals surface area (Å²) in [7, 11) is 0. The molecule has 0 aliphatic heterocycles. The van der Waals surface area contributed by atoms with E-state index in [2.05, 4.69) is 26.1 Å². The van der Waals surface area contributed by atoms with Crippen LogP contribution in [0.3, 0.4) is 0 Å². The van der Waals surface area contributed by atoms with Crippen molar-refractivity contribution in [1.82, 2.24) is 5.32 Å². The third-order valence-electron chi connectivity index (χ3n) is 3.84. The van der Waals surface area contributed by atoms with Crippen molar-refractivity contribution in [1.29, 1.82) is 0 Å². The normalized spacial score (nSPS) is 21.0. The highest BCUT2D eigenvalue weighted by atomic mass is 16.3. The Bertz CT molecular complexity index is 180. The van der Waals surface area contributed by atoms with Crippen LogP contribution < -0.4 is 5.32 Å². The van der Waals surface area contributed by atoms with Crippen LogP contribution in [0.5, 0.6) is 0 Å². The molecule has 2 heteroatoms. The molecule has 0 aromatic carbocycles. The van der Waals surface area contributed by atoms with E-state index in [-0.39, 0.29) is 5.41 Å². The fraction of sp³-hybridized carbons (Fsp3) is 1.00. The fourth-order valence-corrected chi connectivity index (χ4v) is 2.67. The average molecular weight is 227 g/mol. The zero-order valence-corrected chi connectivity index (χ0v) is 11.3. The van der Waals surface area contributed by atoms with E-state index in [0.717, 1.165) is 18.9 Å². The van der Waals surface area contributed by atoms with Gasteiger partial charge in [-0.15, -0.1) is 0 Å². The van der Waals surface area contributed by atoms with Crippen LogP contribution in [0.15, 0.2) is 0 Å². The zero-order valence-electron chi connectivity index (χ0n) is 11.3. The van der Waals surface area contributed by atoms with Crippen LogP contribution in [0.25, 0.3) is 0 Å². The molecule has 0 radical (unpaired) electrons. The van der Waals surface area contributed by atoms with Crippen LogP contribution in [-0.4, -0.2) is 24.3 Å². The van der Waals surface area contributed by atoms with E-state index in [1.165, 1.54) is 32.1 Å². The van der Waals surface area contributed by atoms with Crippen LogP contribution >= 0.6 is 0 Å². The van der Waals surface area contributed by atoms with Gasteiger partial charge in [0.1, 0.15) is 0 Å². The van der Waals surface area contributed by atoms with Crippen molar-refractivity contribution in [3.63, 3.8) is 0 Å². The molecule has 1 aliphatic carbocycles. The summed E-state index contributed by atoms with van der Waals surface area (Å²) < 4.78 is 0. The maximum atomic E-state index is 9.10. The molecule has 0 aromatic heterocycles. The van der Waals surface area contributed by atoms with Gasteiger partial charge in [0.25, 0.3) is 0 Å². The molecule has 0 aromatic rings. The van der Waals surface area contributed by atoms with E-state index in [0.29, 0.717) is 12.6 Å². The molecule has 1 atom stereocenters. The molecule has 16 heavy (non-hydrogen) atoms. The fourth-order valence-electron chi connectivity index (χ4n) is 2.67. The summed E-state index contributed by atoms with van der Waals surface area (Å²) in [6.45, 7) is 8.19. The third-order valence-corrected chi connectivity index (χ3v) is 3.84. The summed E-state index contributed by atoms with van der Waals surface area (Å²) in [6.07, 6.45) is 7.90. The van der Waals surface area contributed by atoms with Crippen LogP contribution in [0.1, 0.15) is 59.3 Å². The van der Waals surface area contributed by atoms with Gasteiger partial charge < -0.3 is 10.4 Å². The molecular weight excluding hydrogens is 198 g/mol. The summed E-state index contributed by atoms with van der Waals surface area (Å²) in [5.74, 6) is 0.872. The Kier molecular flexibility index (Phi) is 5.77. The second-order valence-electron chi connectivity index (χ2n) is 6.34. The maximum Gasteiger partial charge on any atom is 0.0446 e. The van der Waals surface area contributed by atoms with E-state index < -0.39 is 0 Å². The first-order valence-corrected chi connectivity index (χ1v) is 6.88. The van der Waals surface area contributed by atoms with Crippen molar-refractivity contribution >= 4 is 0 Å². The zero-order chi connectivity index (χ0) is 12.0. The topological polar surface area (TPSA) is 32.3 Å². The molecule has 0 amide bonds. The van der Waals surface area contributed by atoms with Gasteiger partial charge in [-0.25, -0.2) is 0 Å². The van der Waals surface area contributed by atoms with Gasteiger partial charge in [0.05, 0.1) is 0 Å². The molecule has 1 aliphatic rings. The summed E-state index contributed by atoms with van der Waals surface area (Å²) in [5, 5.41) is 12.8. The SMILES string of the molecule is CC(C)(C)C(CCO)NCC1CCCCC1. The van der Waals surface area contributed by atoms with Gasteiger partial charge in [-0.05, 0) is 37.1 Å². The summed E-state index contributed by atoms with van der Waals surface area (Å²) in [4.78, 5) is 0. The number of nitrogens with one attached hydrogen (secondary N) is 1. The van der Waals surface area contributed by atoms with Gasteiger partial charge in [-0.3, -0.25) is 0 Å². The van der Waals surface area contributed by atoms with Gasteiger partial charge in [0, 0.05) is 12.6 Å². The number of aliphatic hydroxyl groups is 1. The molecule has 96 valence electrons. The molecule has 1 unspecified atom stereocenters. The highest BCUT2D eigenvalue weighted by Crippen LogP contribution is 2.25. The lowest BCUT2D eigenvalue weighted by Gasteiger charge is -2.33. The highest BCUT2D eigenvalue weighted by Gasteiger charge is 2.24. The van der Waals surface area contributed by atoms with E-state index in [1.54, 1.807) is 0 Å². The van der Waals surface area contributed by atoms with E-state index in [1.807, 2.05) is 0 Å². The minimum atomic E-state index is 0.247. The van der Waals surface area contributed by atoms with Gasteiger partial charge in [-0.1, -0.05) is 40.0 Å². The lowest BCUT2D eigenvalue weighted by molar-refractivity contribution is 0.187. The van der Waals surface area contributed by atoms with Crippen molar-refractivity contribution in [2.45, 2.75) is 65.3 Å². The first-order valence-electron chi connectivity index (χ1n) is 6.88. The van der Waals surface area contributed by atoms with Crippen molar-refractivity contribution in [3.05, 3.63) is 0 Å². The van der Waals surface area contributed by atoms with Crippen LogP contribution in [0, 0.1) is 11.3 Å². The van der Waals surface area contributed by atoms with E-state index >= 15 is 0 Å². The Hall–Kier alpha value is -0.0800. The highest BCUT2D eigenvalue weighted by molar-refractivity contribution is 4.81. The predicted octanol–water partition coefficient (Wildman–Crippen LogP) is 2.95. The number of rotatable bonds is 5. The Balaban J connectivity index is 2.31. The lowest BCUT2D eigenvalue weighted by atomic mass is 9.83. The molecule has 0 bridgehead atoms. The Labute approximate surface area is 101 Å². The molecule has 1 saturated carbocycles. The van der Waals surface area contributed by atoms with Crippen LogP contribution in [0.2, 0.25) is 0 Å². The molecule has 0 heterocycles. The molecule has 0 saturated heterocycles. The van der Waals surface area contributed by atoms with Gasteiger partial charge >= 0.3 is 0 Å². The van der Waals surface area contributed by atoms with Crippen molar-refractivity contribution in [3.8, 4) is 0 Å².